The van der Waals surface area contributed by atoms with Gasteiger partial charge < -0.3 is 4.90 Å². The fraction of sp³-hybridized carbons (Fsp3) is 0.667. The number of carbonyl (C=O) groups is 1. The van der Waals surface area contributed by atoms with Gasteiger partial charge in [0.2, 0.25) is 0 Å². The van der Waals surface area contributed by atoms with Gasteiger partial charge in [-0.05, 0) is 5.56 Å². The highest BCUT2D eigenvalue weighted by atomic mass is 19.4. The summed E-state index contributed by atoms with van der Waals surface area (Å²) in [5, 5.41) is 0. The summed E-state index contributed by atoms with van der Waals surface area (Å²) < 4.78 is 256. The van der Waals surface area contributed by atoms with Crippen LogP contribution in [0.5, 0.6) is 0 Å². The quantitative estimate of drug-likeness (QED) is 0.251. The first-order chi connectivity index (χ1) is 19.0. The molecule has 0 spiro atoms. The van der Waals surface area contributed by atoms with Gasteiger partial charge in [0, 0.05) is 32.7 Å². The summed E-state index contributed by atoms with van der Waals surface area (Å²) in [5.41, 5.74) is 0.595. The van der Waals surface area contributed by atoms with Gasteiger partial charge in [-0.25, -0.2) is 0 Å². The third kappa shape index (κ3) is 5.33. The Balaban J connectivity index is 2.40. The fourth-order valence-electron chi connectivity index (χ4n) is 3.64. The molecule has 1 aliphatic heterocycles. The molecule has 0 unspecified atom stereocenters. The zero-order valence-corrected chi connectivity index (χ0v) is 20.4. The van der Waals surface area contributed by atoms with Gasteiger partial charge >= 0.3 is 53.6 Å². The number of carbonyl (C=O) groups excluding carboxylic acids is 1. The lowest BCUT2D eigenvalue weighted by molar-refractivity contribution is -0.467. The van der Waals surface area contributed by atoms with Crippen molar-refractivity contribution < 1.29 is 88.2 Å². The average molecular weight is 672 g/mol. The molecule has 43 heavy (non-hydrogen) atoms. The second-order valence-corrected chi connectivity index (χ2v) is 9.15. The first-order valence-corrected chi connectivity index (χ1v) is 11.1. The van der Waals surface area contributed by atoms with E-state index in [1.807, 2.05) is 0 Å². The lowest BCUT2D eigenvalue weighted by Crippen LogP contribution is -2.76. The van der Waals surface area contributed by atoms with Crippen LogP contribution in [0.2, 0.25) is 0 Å². The Labute approximate surface area is 227 Å². The standard InChI is InChI=1S/C21H15F19N2O/c22-13(23,12(43)42-8-6-41(7-9-42)10-11-4-2-1-3-5-11)14(24,25)15(26,27)16(28,29)17(30,31)18(32,33)19(34,35)20(36,37)21(38,39)40/h1-5H,6-10H2. The van der Waals surface area contributed by atoms with Crippen LogP contribution in [0, 0.1) is 0 Å². The molecule has 1 fully saturated rings. The van der Waals surface area contributed by atoms with Crippen molar-refractivity contribution >= 4 is 5.91 Å². The van der Waals surface area contributed by atoms with Gasteiger partial charge in [-0.15, -0.1) is 0 Å². The zero-order chi connectivity index (χ0) is 33.9. The Morgan fingerprint density at radius 1 is 0.512 bits per heavy atom. The third-order valence-corrected chi connectivity index (χ3v) is 6.29. The van der Waals surface area contributed by atoms with Crippen molar-refractivity contribution in [2.45, 2.75) is 60.1 Å². The van der Waals surface area contributed by atoms with Crippen LogP contribution < -0.4 is 0 Å². The summed E-state index contributed by atoms with van der Waals surface area (Å²) in [5.74, 6) is -71.5. The number of rotatable bonds is 10. The van der Waals surface area contributed by atoms with Crippen molar-refractivity contribution in [2.75, 3.05) is 26.2 Å². The summed E-state index contributed by atoms with van der Waals surface area (Å²) in [6.45, 7) is -2.87. The molecule has 1 saturated heterocycles. The SMILES string of the molecule is O=C(N1CCN(Cc2ccccc2)CC1)C(F)(F)C(F)(F)C(F)(F)C(F)(F)C(F)(F)C(F)(F)C(F)(F)C(F)(F)C(F)(F)F. The second-order valence-electron chi connectivity index (χ2n) is 9.15. The molecule has 1 aliphatic rings. The third-order valence-electron chi connectivity index (χ3n) is 6.29. The minimum atomic E-state index is -9.02. The number of halogens is 19. The van der Waals surface area contributed by atoms with Gasteiger partial charge in [0.15, 0.2) is 0 Å². The molecule has 1 aromatic rings. The molecular formula is C21H15F19N2O. The summed E-state index contributed by atoms with van der Waals surface area (Å²) in [4.78, 5) is 13.0. The van der Waals surface area contributed by atoms with Crippen molar-refractivity contribution in [3.05, 3.63) is 35.9 Å². The molecule has 1 amide bonds. The largest absolute Gasteiger partial charge is 0.460 e. The van der Waals surface area contributed by atoms with Crippen molar-refractivity contribution in [3.8, 4) is 0 Å². The average Bonchev–Trinajstić information content (AvgIpc) is 2.87. The Morgan fingerprint density at radius 2 is 0.860 bits per heavy atom. The molecule has 0 N–H and O–H groups in total. The van der Waals surface area contributed by atoms with E-state index in [-0.39, 0.29) is 11.4 Å². The van der Waals surface area contributed by atoms with Gasteiger partial charge in [-0.3, -0.25) is 9.69 Å². The summed E-state index contributed by atoms with van der Waals surface area (Å²) in [6.07, 6.45) is -7.94. The first-order valence-electron chi connectivity index (χ1n) is 11.1. The number of nitrogens with zero attached hydrogens (tertiary/aromatic N) is 2. The topological polar surface area (TPSA) is 23.6 Å². The van der Waals surface area contributed by atoms with Crippen LogP contribution in [0.25, 0.3) is 0 Å². The van der Waals surface area contributed by atoms with E-state index in [1.165, 1.54) is 4.90 Å². The van der Waals surface area contributed by atoms with Gasteiger partial charge in [0.05, 0.1) is 0 Å². The smallest absolute Gasteiger partial charge is 0.335 e. The van der Waals surface area contributed by atoms with Crippen molar-refractivity contribution in [1.29, 1.82) is 0 Å². The number of hydrogen-bond acceptors (Lipinski definition) is 2. The van der Waals surface area contributed by atoms with Crippen LogP contribution in [0.1, 0.15) is 5.56 Å². The van der Waals surface area contributed by atoms with E-state index in [4.69, 9.17) is 0 Å². The highest BCUT2D eigenvalue weighted by Gasteiger charge is 2.97. The monoisotopic (exact) mass is 672 g/mol. The minimum absolute atomic E-state index is 0.0566. The maximum Gasteiger partial charge on any atom is 0.460 e. The van der Waals surface area contributed by atoms with Gasteiger partial charge in [0.1, 0.15) is 0 Å². The van der Waals surface area contributed by atoms with Crippen LogP contribution in [-0.2, 0) is 11.3 Å². The van der Waals surface area contributed by atoms with Gasteiger partial charge in [0.25, 0.3) is 5.91 Å². The Morgan fingerprint density at radius 3 is 1.23 bits per heavy atom. The molecule has 0 aliphatic carbocycles. The first kappa shape index (κ1) is 36.5. The normalized spacial score (nSPS) is 17.8. The van der Waals surface area contributed by atoms with Crippen LogP contribution >= 0.6 is 0 Å². The summed E-state index contributed by atoms with van der Waals surface area (Å²) in [6, 6.07) is 7.86. The van der Waals surface area contributed by atoms with E-state index in [2.05, 4.69) is 0 Å². The van der Waals surface area contributed by atoms with Crippen LogP contribution in [0.4, 0.5) is 83.4 Å². The Hall–Kier alpha value is -2.68. The van der Waals surface area contributed by atoms with E-state index in [0.29, 0.717) is 5.56 Å². The number of piperazine rings is 1. The van der Waals surface area contributed by atoms with E-state index >= 15 is 0 Å². The zero-order valence-electron chi connectivity index (χ0n) is 20.4. The molecule has 0 saturated carbocycles. The molecule has 0 aromatic heterocycles. The van der Waals surface area contributed by atoms with Crippen LogP contribution in [-0.4, -0.2) is 95.4 Å². The van der Waals surface area contributed by atoms with E-state index < -0.39 is 85.6 Å². The molecule has 1 heterocycles. The summed E-state index contributed by atoms with van der Waals surface area (Å²) >= 11 is 0. The van der Waals surface area contributed by atoms with Crippen LogP contribution in [0.15, 0.2) is 30.3 Å². The van der Waals surface area contributed by atoms with Crippen molar-refractivity contribution in [2.24, 2.45) is 0 Å². The number of amides is 1. The predicted molar refractivity (Wildman–Crippen MR) is 104 cm³/mol. The highest BCUT2D eigenvalue weighted by Crippen LogP contribution is 2.65. The molecule has 0 radical (unpaired) electrons. The number of benzene rings is 1. The molecule has 1 aromatic carbocycles. The lowest BCUT2D eigenvalue weighted by Gasteiger charge is -2.44. The Bertz CT molecular complexity index is 1140. The van der Waals surface area contributed by atoms with Gasteiger partial charge in [-0.2, -0.15) is 83.4 Å². The minimum Gasteiger partial charge on any atom is -0.335 e. The van der Waals surface area contributed by atoms with E-state index in [0.717, 1.165) is 0 Å². The number of alkyl halides is 19. The van der Waals surface area contributed by atoms with Crippen molar-refractivity contribution in [3.63, 3.8) is 0 Å². The Kier molecular flexibility index (Phi) is 9.12. The molecular weight excluding hydrogens is 657 g/mol. The second kappa shape index (κ2) is 10.7. The molecule has 22 heteroatoms. The molecule has 0 atom stereocenters. The fourth-order valence-corrected chi connectivity index (χ4v) is 3.64. The lowest BCUT2D eigenvalue weighted by atomic mass is 9.87. The van der Waals surface area contributed by atoms with E-state index in [1.54, 1.807) is 30.3 Å². The predicted octanol–water partition coefficient (Wildman–Crippen LogP) is 6.98. The highest BCUT2D eigenvalue weighted by molar-refractivity contribution is 5.85. The molecule has 0 bridgehead atoms. The van der Waals surface area contributed by atoms with Crippen molar-refractivity contribution in [1.82, 2.24) is 9.80 Å². The summed E-state index contributed by atoms with van der Waals surface area (Å²) in [7, 11) is 0. The van der Waals surface area contributed by atoms with Crippen LogP contribution in [0.3, 0.4) is 0 Å². The van der Waals surface area contributed by atoms with E-state index in [9.17, 15) is 88.2 Å². The molecule has 248 valence electrons. The maximum atomic E-state index is 14.3. The molecule has 3 nitrogen and oxygen atoms in total. The molecule has 2 rings (SSSR count). The number of hydrogen-bond donors (Lipinski definition) is 0. The maximum absolute atomic E-state index is 14.3. The van der Waals surface area contributed by atoms with Gasteiger partial charge in [-0.1, -0.05) is 30.3 Å².